The van der Waals surface area contributed by atoms with Crippen LogP contribution in [-0.2, 0) is 22.9 Å². The topological polar surface area (TPSA) is 75.7 Å². The lowest BCUT2D eigenvalue weighted by atomic mass is 10.0. The predicted molar refractivity (Wildman–Crippen MR) is 115 cm³/mol. The highest BCUT2D eigenvalue weighted by Crippen LogP contribution is 2.28. The van der Waals surface area contributed by atoms with Crippen molar-refractivity contribution in [1.82, 2.24) is 9.62 Å². The van der Waals surface area contributed by atoms with Gasteiger partial charge in [0.25, 0.3) is 5.91 Å². The number of ether oxygens (including phenoxy) is 1. The second-order valence-electron chi connectivity index (χ2n) is 8.09. The molecule has 0 aromatic heterocycles. The summed E-state index contributed by atoms with van der Waals surface area (Å²) in [6, 6.07) is 10.3. The van der Waals surface area contributed by atoms with E-state index in [0.29, 0.717) is 18.8 Å². The summed E-state index contributed by atoms with van der Waals surface area (Å²) in [7, 11) is -2.32. The standard InChI is InChI=1S/C23H28N2O4S/c1-16(18-9-8-17-6-5-7-19(17)14-18)24-30(27,28)20-10-11-22(29-2)21(15-20)23(26)25-12-3-4-13-25/h8-11,14-16,24H,3-7,12-13H2,1-2H3/t16-/m0/s1. The zero-order chi connectivity index (χ0) is 21.3. The fraction of sp³-hybridized carbons (Fsp3) is 0.435. The van der Waals surface area contributed by atoms with E-state index in [-0.39, 0.29) is 22.4 Å². The Morgan fingerprint density at radius 1 is 1.03 bits per heavy atom. The normalized spacial score (nSPS) is 17.1. The largest absolute Gasteiger partial charge is 0.496 e. The van der Waals surface area contributed by atoms with E-state index in [9.17, 15) is 13.2 Å². The summed E-state index contributed by atoms with van der Waals surface area (Å²) >= 11 is 0. The number of sulfonamides is 1. The summed E-state index contributed by atoms with van der Waals surface area (Å²) in [4.78, 5) is 14.7. The first kappa shape index (κ1) is 20.9. The molecule has 2 aliphatic rings. The van der Waals surface area contributed by atoms with Crippen LogP contribution in [0.1, 0.15) is 59.3 Å². The van der Waals surface area contributed by atoms with Crippen LogP contribution in [0.2, 0.25) is 0 Å². The van der Waals surface area contributed by atoms with Crippen LogP contribution in [0.5, 0.6) is 5.75 Å². The fourth-order valence-corrected chi connectivity index (χ4v) is 5.60. The highest BCUT2D eigenvalue weighted by Gasteiger charge is 2.26. The molecule has 30 heavy (non-hydrogen) atoms. The minimum absolute atomic E-state index is 0.0684. The minimum atomic E-state index is -3.80. The van der Waals surface area contributed by atoms with Crippen LogP contribution in [0.3, 0.4) is 0 Å². The summed E-state index contributed by atoms with van der Waals surface area (Å²) in [6.07, 6.45) is 5.22. The number of hydrogen-bond donors (Lipinski definition) is 1. The van der Waals surface area contributed by atoms with Gasteiger partial charge < -0.3 is 9.64 Å². The number of nitrogens with zero attached hydrogens (tertiary/aromatic N) is 1. The Hall–Kier alpha value is -2.38. The van der Waals surface area contributed by atoms with Gasteiger partial charge in [0.05, 0.1) is 17.6 Å². The van der Waals surface area contributed by atoms with Crippen molar-refractivity contribution in [3.63, 3.8) is 0 Å². The molecule has 1 fully saturated rings. The molecule has 1 heterocycles. The molecule has 1 amide bonds. The van der Waals surface area contributed by atoms with Gasteiger partial charge in [-0.3, -0.25) is 4.79 Å². The number of benzene rings is 2. The maximum absolute atomic E-state index is 13.1. The summed E-state index contributed by atoms with van der Waals surface area (Å²) in [5, 5.41) is 0. The van der Waals surface area contributed by atoms with Gasteiger partial charge in [0, 0.05) is 19.1 Å². The third-order valence-electron chi connectivity index (χ3n) is 6.06. The Morgan fingerprint density at radius 2 is 1.77 bits per heavy atom. The summed E-state index contributed by atoms with van der Waals surface area (Å²) in [5.74, 6) is 0.200. The van der Waals surface area contributed by atoms with Crippen LogP contribution in [0, 0.1) is 0 Å². The summed E-state index contributed by atoms with van der Waals surface area (Å²) in [5.41, 5.74) is 3.89. The third-order valence-corrected chi connectivity index (χ3v) is 7.60. The third kappa shape index (κ3) is 4.09. The molecular formula is C23H28N2O4S. The van der Waals surface area contributed by atoms with Crippen molar-refractivity contribution in [2.24, 2.45) is 0 Å². The lowest BCUT2D eigenvalue weighted by Gasteiger charge is -2.19. The van der Waals surface area contributed by atoms with Crippen LogP contribution < -0.4 is 9.46 Å². The molecule has 1 aliphatic heterocycles. The maximum Gasteiger partial charge on any atom is 0.257 e. The van der Waals surface area contributed by atoms with E-state index in [1.165, 1.54) is 30.4 Å². The van der Waals surface area contributed by atoms with Crippen LogP contribution in [0.25, 0.3) is 0 Å². The molecule has 0 radical (unpaired) electrons. The first-order valence-corrected chi connectivity index (χ1v) is 12.0. The molecule has 1 atom stereocenters. The second kappa shape index (κ2) is 8.40. The van der Waals surface area contributed by atoms with E-state index < -0.39 is 10.0 Å². The highest BCUT2D eigenvalue weighted by molar-refractivity contribution is 7.89. The Bertz CT molecular complexity index is 1060. The lowest BCUT2D eigenvalue weighted by molar-refractivity contribution is 0.0789. The fourth-order valence-electron chi connectivity index (χ4n) is 4.34. The van der Waals surface area contributed by atoms with Crippen LogP contribution >= 0.6 is 0 Å². The van der Waals surface area contributed by atoms with Gasteiger partial charge >= 0.3 is 0 Å². The number of likely N-dealkylation sites (tertiary alicyclic amines) is 1. The quantitative estimate of drug-likeness (QED) is 0.765. The van der Waals surface area contributed by atoms with Gasteiger partial charge in [0.1, 0.15) is 5.75 Å². The molecule has 0 spiro atoms. The number of carbonyl (C=O) groups excluding carboxylic acids is 1. The molecule has 1 N–H and O–H groups in total. The van der Waals surface area contributed by atoms with Gasteiger partial charge in [-0.05, 0) is 73.9 Å². The van der Waals surface area contributed by atoms with Crippen molar-refractivity contribution >= 4 is 15.9 Å². The van der Waals surface area contributed by atoms with E-state index in [0.717, 1.165) is 37.7 Å². The molecule has 0 unspecified atom stereocenters. The second-order valence-corrected chi connectivity index (χ2v) is 9.80. The number of aryl methyl sites for hydroxylation is 2. The first-order valence-electron chi connectivity index (χ1n) is 10.5. The van der Waals surface area contributed by atoms with E-state index in [4.69, 9.17) is 4.74 Å². The highest BCUT2D eigenvalue weighted by atomic mass is 32.2. The Kier molecular flexibility index (Phi) is 5.84. The van der Waals surface area contributed by atoms with E-state index in [1.807, 2.05) is 13.0 Å². The SMILES string of the molecule is COc1ccc(S(=O)(=O)N[C@@H](C)c2ccc3c(c2)CCC3)cc1C(=O)N1CCCC1. The van der Waals surface area contributed by atoms with Crippen LogP contribution in [0.15, 0.2) is 41.3 Å². The van der Waals surface area contributed by atoms with Crippen molar-refractivity contribution in [3.05, 3.63) is 58.7 Å². The molecular weight excluding hydrogens is 400 g/mol. The zero-order valence-electron chi connectivity index (χ0n) is 17.5. The predicted octanol–water partition coefficient (Wildman–Crippen LogP) is 3.46. The molecule has 0 saturated carbocycles. The molecule has 2 aromatic rings. The Morgan fingerprint density at radius 3 is 2.50 bits per heavy atom. The number of amides is 1. The average Bonchev–Trinajstić information content (AvgIpc) is 3.43. The number of nitrogens with one attached hydrogen (secondary N) is 1. The van der Waals surface area contributed by atoms with Crippen molar-refractivity contribution in [2.45, 2.75) is 50.0 Å². The molecule has 7 heteroatoms. The molecule has 160 valence electrons. The van der Waals surface area contributed by atoms with Crippen molar-refractivity contribution in [1.29, 1.82) is 0 Å². The number of carbonyl (C=O) groups is 1. The number of hydrogen-bond acceptors (Lipinski definition) is 4. The molecule has 4 rings (SSSR count). The zero-order valence-corrected chi connectivity index (χ0v) is 18.3. The molecule has 0 bridgehead atoms. The first-order chi connectivity index (χ1) is 14.4. The van der Waals surface area contributed by atoms with E-state index in [1.54, 1.807) is 11.0 Å². The number of rotatable bonds is 6. The molecule has 6 nitrogen and oxygen atoms in total. The number of fused-ring (bicyclic) bond motifs is 1. The van der Waals surface area contributed by atoms with E-state index in [2.05, 4.69) is 16.9 Å². The Balaban J connectivity index is 1.59. The number of methoxy groups -OCH3 is 1. The van der Waals surface area contributed by atoms with Crippen molar-refractivity contribution in [2.75, 3.05) is 20.2 Å². The maximum atomic E-state index is 13.1. The van der Waals surface area contributed by atoms with Gasteiger partial charge in [0.2, 0.25) is 10.0 Å². The van der Waals surface area contributed by atoms with Gasteiger partial charge in [-0.15, -0.1) is 0 Å². The van der Waals surface area contributed by atoms with Crippen LogP contribution in [0.4, 0.5) is 0 Å². The summed E-state index contributed by atoms with van der Waals surface area (Å²) in [6.45, 7) is 3.22. The summed E-state index contributed by atoms with van der Waals surface area (Å²) < 4.78 is 34.2. The molecule has 2 aromatic carbocycles. The molecule has 1 saturated heterocycles. The van der Waals surface area contributed by atoms with Gasteiger partial charge in [-0.1, -0.05) is 18.2 Å². The smallest absolute Gasteiger partial charge is 0.257 e. The monoisotopic (exact) mass is 428 g/mol. The molecule has 1 aliphatic carbocycles. The Labute approximate surface area is 178 Å². The minimum Gasteiger partial charge on any atom is -0.496 e. The van der Waals surface area contributed by atoms with Gasteiger partial charge in [0.15, 0.2) is 0 Å². The van der Waals surface area contributed by atoms with Gasteiger partial charge in [-0.2, -0.15) is 0 Å². The lowest BCUT2D eigenvalue weighted by Crippen LogP contribution is -2.29. The van der Waals surface area contributed by atoms with Crippen LogP contribution in [-0.4, -0.2) is 39.4 Å². The van der Waals surface area contributed by atoms with Gasteiger partial charge in [-0.25, -0.2) is 13.1 Å². The average molecular weight is 429 g/mol. The van der Waals surface area contributed by atoms with Crippen molar-refractivity contribution in [3.8, 4) is 5.75 Å². The van der Waals surface area contributed by atoms with E-state index >= 15 is 0 Å². The van der Waals surface area contributed by atoms with Crippen molar-refractivity contribution < 1.29 is 17.9 Å².